The fraction of sp³-hybridized carbons (Fsp3) is 0.467. The van der Waals surface area contributed by atoms with E-state index in [4.69, 9.17) is 0 Å². The van der Waals surface area contributed by atoms with Gasteiger partial charge in [-0.3, -0.25) is 13.8 Å². The van der Waals surface area contributed by atoms with E-state index in [1.807, 2.05) is 35.0 Å². The summed E-state index contributed by atoms with van der Waals surface area (Å²) in [6.07, 6.45) is 5.72. The minimum atomic E-state index is -0.909. The predicted molar refractivity (Wildman–Crippen MR) is 82.3 cm³/mol. The van der Waals surface area contributed by atoms with Gasteiger partial charge in [-0.2, -0.15) is 5.10 Å². The molecule has 2 aromatic rings. The maximum Gasteiger partial charge on any atom is 0.137 e. The highest BCUT2D eigenvalue weighted by Gasteiger charge is 2.25. The predicted octanol–water partition coefficient (Wildman–Crippen LogP) is 1.55. The molecule has 1 aliphatic heterocycles. The molecule has 21 heavy (non-hydrogen) atoms. The normalized spacial score (nSPS) is 20.7. The van der Waals surface area contributed by atoms with E-state index in [9.17, 15) is 4.21 Å². The van der Waals surface area contributed by atoms with Crippen LogP contribution in [0.15, 0.2) is 47.9 Å². The summed E-state index contributed by atoms with van der Waals surface area (Å²) in [7, 11) is -0.909. The van der Waals surface area contributed by atoms with Gasteiger partial charge in [0.1, 0.15) is 12.7 Å². The van der Waals surface area contributed by atoms with Crippen LogP contribution in [-0.4, -0.2) is 48.8 Å². The second kappa shape index (κ2) is 6.95. The molecule has 1 fully saturated rings. The third-order valence-corrected chi connectivity index (χ3v) is 5.28. The van der Waals surface area contributed by atoms with E-state index in [0.717, 1.165) is 24.5 Å². The summed E-state index contributed by atoms with van der Waals surface area (Å²) in [6, 6.07) is 10.2. The van der Waals surface area contributed by atoms with Gasteiger partial charge in [0.2, 0.25) is 0 Å². The summed E-state index contributed by atoms with van der Waals surface area (Å²) in [6.45, 7) is 2.84. The molecule has 0 N–H and O–H groups in total. The van der Waals surface area contributed by atoms with Crippen molar-refractivity contribution >= 4 is 10.8 Å². The van der Waals surface area contributed by atoms with Crippen molar-refractivity contribution in [2.75, 3.05) is 18.8 Å². The van der Waals surface area contributed by atoms with Gasteiger partial charge < -0.3 is 0 Å². The van der Waals surface area contributed by atoms with Crippen molar-refractivity contribution in [3.63, 3.8) is 0 Å². The van der Waals surface area contributed by atoms with Gasteiger partial charge in [0.15, 0.2) is 0 Å². The van der Waals surface area contributed by atoms with Crippen LogP contribution >= 0.6 is 0 Å². The highest BCUT2D eigenvalue weighted by molar-refractivity contribution is 7.85. The van der Waals surface area contributed by atoms with E-state index in [0.29, 0.717) is 11.8 Å². The molecule has 0 bridgehead atoms. The summed E-state index contributed by atoms with van der Waals surface area (Å²) in [4.78, 5) is 7.34. The van der Waals surface area contributed by atoms with Crippen LogP contribution in [0.25, 0.3) is 0 Å². The monoisotopic (exact) mass is 304 g/mol. The van der Waals surface area contributed by atoms with E-state index in [-0.39, 0.29) is 0 Å². The van der Waals surface area contributed by atoms with Gasteiger partial charge in [-0.1, -0.05) is 18.2 Å². The molecule has 6 heteroatoms. The zero-order valence-electron chi connectivity index (χ0n) is 12.0. The Morgan fingerprint density at radius 2 is 2.14 bits per heavy atom. The topological polar surface area (TPSA) is 51.0 Å². The van der Waals surface area contributed by atoms with Gasteiger partial charge in [0, 0.05) is 23.2 Å². The number of hydrogen-bond donors (Lipinski definition) is 0. The number of likely N-dealkylation sites (tertiary alicyclic amines) is 1. The first-order chi connectivity index (χ1) is 10.3. The lowest BCUT2D eigenvalue weighted by Gasteiger charge is -2.23. The Kier molecular flexibility index (Phi) is 4.77. The van der Waals surface area contributed by atoms with Crippen molar-refractivity contribution in [3.8, 4) is 0 Å². The van der Waals surface area contributed by atoms with Crippen LogP contribution in [0.2, 0.25) is 0 Å². The molecule has 1 aliphatic rings. The van der Waals surface area contributed by atoms with Crippen LogP contribution in [0.3, 0.4) is 0 Å². The number of nitrogens with zero attached hydrogens (tertiary/aromatic N) is 4. The first-order valence-corrected chi connectivity index (χ1v) is 8.65. The number of rotatable bonds is 6. The van der Waals surface area contributed by atoms with Crippen LogP contribution in [0.1, 0.15) is 12.8 Å². The van der Waals surface area contributed by atoms with E-state index < -0.39 is 10.8 Å². The minimum absolute atomic E-state index is 0.486. The third kappa shape index (κ3) is 3.77. The second-order valence-electron chi connectivity index (χ2n) is 5.31. The van der Waals surface area contributed by atoms with Crippen LogP contribution in [-0.2, 0) is 17.3 Å². The van der Waals surface area contributed by atoms with Crippen molar-refractivity contribution < 1.29 is 4.21 Å². The highest BCUT2D eigenvalue weighted by atomic mass is 32.2. The Hall–Kier alpha value is -1.53. The molecule has 3 rings (SSSR count). The largest absolute Gasteiger partial charge is 0.298 e. The van der Waals surface area contributed by atoms with E-state index in [2.05, 4.69) is 15.0 Å². The molecule has 2 heterocycles. The maximum atomic E-state index is 12.3. The molecule has 0 aliphatic carbocycles. The smallest absolute Gasteiger partial charge is 0.137 e. The van der Waals surface area contributed by atoms with Gasteiger partial charge >= 0.3 is 0 Å². The van der Waals surface area contributed by atoms with Gasteiger partial charge in [-0.15, -0.1) is 0 Å². The van der Waals surface area contributed by atoms with E-state index in [1.165, 1.54) is 12.8 Å². The second-order valence-corrected chi connectivity index (χ2v) is 6.88. The standard InChI is InChI=1S/C15H20N4OS/c20-21(15-6-2-1-3-7-15)10-9-18-8-4-5-14(18)11-19-13-16-12-17-19/h1-3,6-7,12-14H,4-5,8-11H2/t14-,21+/m1/s1. The SMILES string of the molecule is O=[S@@](CCN1CCC[C@@H]1Cn1cncn1)c1ccccc1. The zero-order valence-corrected chi connectivity index (χ0v) is 12.8. The number of benzene rings is 1. The summed E-state index contributed by atoms with van der Waals surface area (Å²) >= 11 is 0. The molecular weight excluding hydrogens is 284 g/mol. The Balaban J connectivity index is 1.53. The van der Waals surface area contributed by atoms with Crippen molar-refractivity contribution in [1.82, 2.24) is 19.7 Å². The van der Waals surface area contributed by atoms with Crippen molar-refractivity contribution in [1.29, 1.82) is 0 Å². The van der Waals surface area contributed by atoms with Crippen molar-refractivity contribution in [2.45, 2.75) is 30.3 Å². The highest BCUT2D eigenvalue weighted by Crippen LogP contribution is 2.18. The van der Waals surface area contributed by atoms with Crippen LogP contribution < -0.4 is 0 Å². The quantitative estimate of drug-likeness (QED) is 0.812. The molecule has 112 valence electrons. The maximum absolute atomic E-state index is 12.3. The summed E-state index contributed by atoms with van der Waals surface area (Å²) in [5, 5.41) is 4.18. The molecule has 2 atom stereocenters. The first-order valence-electron chi connectivity index (χ1n) is 7.33. The molecule has 1 aromatic heterocycles. The van der Waals surface area contributed by atoms with E-state index >= 15 is 0 Å². The average molecular weight is 304 g/mol. The van der Waals surface area contributed by atoms with Gasteiger partial charge in [-0.05, 0) is 31.5 Å². The summed E-state index contributed by atoms with van der Waals surface area (Å²) in [5.74, 6) is 0.692. The van der Waals surface area contributed by atoms with Crippen molar-refractivity contribution in [2.24, 2.45) is 0 Å². The van der Waals surface area contributed by atoms with Crippen molar-refractivity contribution in [3.05, 3.63) is 43.0 Å². The fourth-order valence-electron chi connectivity index (χ4n) is 2.83. The van der Waals surface area contributed by atoms with Gasteiger partial charge in [-0.25, -0.2) is 4.98 Å². The Morgan fingerprint density at radius 1 is 1.29 bits per heavy atom. The zero-order chi connectivity index (χ0) is 14.5. The molecule has 5 nitrogen and oxygen atoms in total. The average Bonchev–Trinajstić information content (AvgIpc) is 3.18. The number of hydrogen-bond acceptors (Lipinski definition) is 4. The lowest BCUT2D eigenvalue weighted by molar-refractivity contribution is 0.239. The molecule has 0 saturated carbocycles. The fourth-order valence-corrected chi connectivity index (χ4v) is 3.93. The molecular formula is C15H20N4OS. The third-order valence-electron chi connectivity index (χ3n) is 3.93. The molecule has 0 amide bonds. The number of aromatic nitrogens is 3. The lowest BCUT2D eigenvalue weighted by Crippen LogP contribution is -2.35. The Morgan fingerprint density at radius 3 is 2.90 bits per heavy atom. The molecule has 0 spiro atoms. The van der Waals surface area contributed by atoms with Crippen LogP contribution in [0.4, 0.5) is 0 Å². The van der Waals surface area contributed by atoms with Gasteiger partial charge in [0.05, 0.1) is 17.3 Å². The molecule has 0 unspecified atom stereocenters. The summed E-state index contributed by atoms with van der Waals surface area (Å²) < 4.78 is 14.2. The molecule has 1 aromatic carbocycles. The molecule has 1 saturated heterocycles. The Bertz CT molecular complexity index is 573. The van der Waals surface area contributed by atoms with E-state index in [1.54, 1.807) is 12.7 Å². The van der Waals surface area contributed by atoms with Crippen LogP contribution in [0, 0.1) is 0 Å². The lowest BCUT2D eigenvalue weighted by atomic mass is 10.2. The minimum Gasteiger partial charge on any atom is -0.298 e. The Labute approximate surface area is 127 Å². The molecule has 0 radical (unpaired) electrons. The van der Waals surface area contributed by atoms with Crippen LogP contribution in [0.5, 0.6) is 0 Å². The summed E-state index contributed by atoms with van der Waals surface area (Å²) in [5.41, 5.74) is 0. The van der Waals surface area contributed by atoms with Gasteiger partial charge in [0.25, 0.3) is 0 Å². The first kappa shape index (κ1) is 14.4.